The van der Waals surface area contributed by atoms with Gasteiger partial charge >= 0.3 is 0 Å². The molecule has 1 aromatic heterocycles. The molecule has 1 N–H and O–H groups in total. The highest BCUT2D eigenvalue weighted by atomic mass is 16.2. The summed E-state index contributed by atoms with van der Waals surface area (Å²) in [6, 6.07) is 5.93. The highest BCUT2D eigenvalue weighted by molar-refractivity contribution is 5.97. The third kappa shape index (κ3) is 3.13. The van der Waals surface area contributed by atoms with Gasteiger partial charge in [-0.15, -0.1) is 0 Å². The number of hydrogen-bond donors (Lipinski definition) is 1. The van der Waals surface area contributed by atoms with Crippen LogP contribution in [0.15, 0.2) is 18.2 Å². The number of carbonyl (C=O) groups excluding carboxylic acids is 2. The second-order valence-corrected chi connectivity index (χ2v) is 7.27. The number of likely N-dealkylation sites (tertiary alicyclic amines) is 1. The molecule has 0 atom stereocenters. The van der Waals surface area contributed by atoms with Gasteiger partial charge in [-0.1, -0.05) is 0 Å². The molecule has 1 aliphatic carbocycles. The molecule has 132 valence electrons. The van der Waals surface area contributed by atoms with E-state index in [4.69, 9.17) is 0 Å². The van der Waals surface area contributed by atoms with Gasteiger partial charge in [0.15, 0.2) is 0 Å². The van der Waals surface area contributed by atoms with Crippen LogP contribution in [0, 0.1) is 12.8 Å². The number of piperidine rings is 1. The smallest absolute Gasteiger partial charge is 0.253 e. The number of hydrogen-bond acceptors (Lipinski definition) is 3. The van der Waals surface area contributed by atoms with Gasteiger partial charge in [0.05, 0.1) is 11.0 Å². The number of benzene rings is 1. The van der Waals surface area contributed by atoms with Gasteiger partial charge in [0, 0.05) is 37.7 Å². The molecule has 0 spiro atoms. The normalized spacial score (nSPS) is 18.6. The Morgan fingerprint density at radius 1 is 1.16 bits per heavy atom. The number of imidazole rings is 1. The summed E-state index contributed by atoms with van der Waals surface area (Å²) in [5.41, 5.74) is 2.58. The van der Waals surface area contributed by atoms with Gasteiger partial charge in [0.2, 0.25) is 5.91 Å². The summed E-state index contributed by atoms with van der Waals surface area (Å²) >= 11 is 0. The van der Waals surface area contributed by atoms with Gasteiger partial charge in [0.25, 0.3) is 5.91 Å². The molecule has 4 rings (SSSR count). The molecule has 0 unspecified atom stereocenters. The summed E-state index contributed by atoms with van der Waals surface area (Å²) in [6.07, 6.45) is 3.71. The predicted octanol–water partition coefficient (Wildman–Crippen LogP) is 2.01. The molecule has 2 amide bonds. The maximum atomic E-state index is 12.8. The minimum absolute atomic E-state index is 0.0529. The number of nitrogens with zero attached hydrogens (tertiary/aromatic N) is 3. The van der Waals surface area contributed by atoms with Crippen molar-refractivity contribution in [2.75, 3.05) is 13.1 Å². The molecule has 0 bridgehead atoms. The Hall–Kier alpha value is -2.37. The largest absolute Gasteiger partial charge is 0.353 e. The summed E-state index contributed by atoms with van der Waals surface area (Å²) in [4.78, 5) is 31.0. The fourth-order valence-electron chi connectivity index (χ4n) is 3.53. The topological polar surface area (TPSA) is 67.2 Å². The number of aryl methyl sites for hydroxylation is 2. The lowest BCUT2D eigenvalue weighted by Crippen LogP contribution is -2.46. The van der Waals surface area contributed by atoms with Gasteiger partial charge in [-0.25, -0.2) is 4.98 Å². The fraction of sp³-hybridized carbons (Fsp3) is 0.526. The van der Waals surface area contributed by atoms with E-state index >= 15 is 0 Å². The summed E-state index contributed by atoms with van der Waals surface area (Å²) in [5.74, 6) is 1.43. The van der Waals surface area contributed by atoms with E-state index < -0.39 is 0 Å². The second-order valence-electron chi connectivity index (χ2n) is 7.27. The van der Waals surface area contributed by atoms with Gasteiger partial charge < -0.3 is 14.8 Å². The van der Waals surface area contributed by atoms with Crippen molar-refractivity contribution in [1.82, 2.24) is 19.8 Å². The number of amides is 2. The monoisotopic (exact) mass is 340 g/mol. The number of fused-ring (bicyclic) bond motifs is 1. The number of rotatable bonds is 3. The van der Waals surface area contributed by atoms with E-state index in [1.165, 1.54) is 0 Å². The van der Waals surface area contributed by atoms with Crippen LogP contribution >= 0.6 is 0 Å². The standard InChI is InChI=1S/C19H24N4O2/c1-12-20-16-11-14(5-6-17(16)22(12)2)19(25)23-9-7-15(8-10-23)21-18(24)13-3-4-13/h5-6,11,13,15H,3-4,7-10H2,1-2H3,(H,21,24). The van der Waals surface area contributed by atoms with E-state index in [0.717, 1.165) is 42.5 Å². The van der Waals surface area contributed by atoms with Crippen LogP contribution in [0.3, 0.4) is 0 Å². The van der Waals surface area contributed by atoms with Crippen molar-refractivity contribution in [3.8, 4) is 0 Å². The summed E-state index contributed by atoms with van der Waals surface area (Å²) in [5, 5.41) is 3.12. The van der Waals surface area contributed by atoms with Crippen LogP contribution < -0.4 is 5.32 Å². The summed E-state index contributed by atoms with van der Waals surface area (Å²) in [7, 11) is 1.98. The van der Waals surface area contributed by atoms with Crippen LogP contribution in [-0.2, 0) is 11.8 Å². The Labute approximate surface area is 147 Å². The van der Waals surface area contributed by atoms with Crippen molar-refractivity contribution in [1.29, 1.82) is 0 Å². The zero-order chi connectivity index (χ0) is 17.6. The van der Waals surface area contributed by atoms with Crippen LogP contribution in [0.1, 0.15) is 41.9 Å². The predicted molar refractivity (Wildman–Crippen MR) is 95.2 cm³/mol. The number of carbonyl (C=O) groups is 2. The van der Waals surface area contributed by atoms with Gasteiger partial charge in [0.1, 0.15) is 5.82 Å². The molecular formula is C19H24N4O2. The van der Waals surface area contributed by atoms with Crippen molar-refractivity contribution in [3.63, 3.8) is 0 Å². The molecule has 1 saturated heterocycles. The molecular weight excluding hydrogens is 316 g/mol. The van der Waals surface area contributed by atoms with E-state index in [0.29, 0.717) is 18.7 Å². The summed E-state index contributed by atoms with van der Waals surface area (Å²) in [6.45, 7) is 3.34. The van der Waals surface area contributed by atoms with Crippen LogP contribution in [-0.4, -0.2) is 45.4 Å². The number of nitrogens with one attached hydrogen (secondary N) is 1. The van der Waals surface area contributed by atoms with E-state index in [9.17, 15) is 9.59 Å². The minimum atomic E-state index is 0.0529. The SMILES string of the molecule is Cc1nc2cc(C(=O)N3CCC(NC(=O)C4CC4)CC3)ccc2n1C. The molecule has 2 fully saturated rings. The van der Waals surface area contributed by atoms with E-state index in [-0.39, 0.29) is 23.8 Å². The molecule has 2 heterocycles. The first-order chi connectivity index (χ1) is 12.0. The Kier molecular flexibility index (Phi) is 3.98. The Balaban J connectivity index is 1.40. The van der Waals surface area contributed by atoms with E-state index in [1.54, 1.807) is 0 Å². The molecule has 2 aliphatic rings. The van der Waals surface area contributed by atoms with Crippen LogP contribution in [0.4, 0.5) is 0 Å². The molecule has 2 aromatic rings. The van der Waals surface area contributed by atoms with E-state index in [1.807, 2.05) is 41.6 Å². The number of aromatic nitrogens is 2. The lowest BCUT2D eigenvalue weighted by molar-refractivity contribution is -0.123. The maximum Gasteiger partial charge on any atom is 0.253 e. The fourth-order valence-corrected chi connectivity index (χ4v) is 3.53. The Bertz CT molecular complexity index is 829. The third-order valence-electron chi connectivity index (χ3n) is 5.43. The molecule has 6 nitrogen and oxygen atoms in total. The summed E-state index contributed by atoms with van der Waals surface area (Å²) < 4.78 is 2.03. The lowest BCUT2D eigenvalue weighted by Gasteiger charge is -2.32. The Morgan fingerprint density at radius 3 is 2.56 bits per heavy atom. The van der Waals surface area contributed by atoms with Gasteiger partial charge in [-0.05, 0) is 50.8 Å². The van der Waals surface area contributed by atoms with Crippen molar-refractivity contribution < 1.29 is 9.59 Å². The zero-order valence-electron chi connectivity index (χ0n) is 14.8. The maximum absolute atomic E-state index is 12.8. The zero-order valence-corrected chi connectivity index (χ0v) is 14.8. The van der Waals surface area contributed by atoms with Gasteiger partial charge in [-0.3, -0.25) is 9.59 Å². The molecule has 1 aromatic carbocycles. The highest BCUT2D eigenvalue weighted by Gasteiger charge is 2.32. The lowest BCUT2D eigenvalue weighted by atomic mass is 10.0. The van der Waals surface area contributed by atoms with Crippen LogP contribution in [0.25, 0.3) is 11.0 Å². The van der Waals surface area contributed by atoms with Crippen molar-refractivity contribution in [3.05, 3.63) is 29.6 Å². The molecule has 25 heavy (non-hydrogen) atoms. The molecule has 1 aliphatic heterocycles. The quantitative estimate of drug-likeness (QED) is 0.929. The second kappa shape index (κ2) is 6.17. The molecule has 6 heteroatoms. The van der Waals surface area contributed by atoms with E-state index in [2.05, 4.69) is 10.3 Å². The van der Waals surface area contributed by atoms with Crippen molar-refractivity contribution >= 4 is 22.8 Å². The molecule has 1 saturated carbocycles. The minimum Gasteiger partial charge on any atom is -0.353 e. The van der Waals surface area contributed by atoms with Crippen LogP contribution in [0.5, 0.6) is 0 Å². The van der Waals surface area contributed by atoms with Gasteiger partial charge in [-0.2, -0.15) is 0 Å². The van der Waals surface area contributed by atoms with Crippen molar-refractivity contribution in [2.45, 2.75) is 38.6 Å². The van der Waals surface area contributed by atoms with Crippen molar-refractivity contribution in [2.24, 2.45) is 13.0 Å². The van der Waals surface area contributed by atoms with Crippen LogP contribution in [0.2, 0.25) is 0 Å². The first-order valence-electron chi connectivity index (χ1n) is 9.05. The average Bonchev–Trinajstić information content (AvgIpc) is 3.42. The first-order valence-corrected chi connectivity index (χ1v) is 9.05. The molecule has 0 radical (unpaired) electrons. The third-order valence-corrected chi connectivity index (χ3v) is 5.43. The average molecular weight is 340 g/mol. The first kappa shape index (κ1) is 16.1. The highest BCUT2D eigenvalue weighted by Crippen LogP contribution is 2.29. The Morgan fingerprint density at radius 2 is 1.88 bits per heavy atom.